The largest absolute Gasteiger partial charge is 0.481 e. The third-order valence-corrected chi connectivity index (χ3v) is 4.98. The van der Waals surface area contributed by atoms with Gasteiger partial charge in [-0.1, -0.05) is 32.0 Å². The van der Waals surface area contributed by atoms with Gasteiger partial charge < -0.3 is 10.4 Å². The summed E-state index contributed by atoms with van der Waals surface area (Å²) in [5.74, 6) is -0.699. The molecular formula is C19H28N2O3. The van der Waals surface area contributed by atoms with E-state index in [1.54, 1.807) is 0 Å². The van der Waals surface area contributed by atoms with Crippen LogP contribution in [0.1, 0.15) is 50.7 Å². The second kappa shape index (κ2) is 7.79. The number of para-hydroxylation sites is 1. The van der Waals surface area contributed by atoms with Crippen molar-refractivity contribution in [3.05, 3.63) is 29.3 Å². The molecule has 0 bridgehead atoms. The molecule has 0 spiro atoms. The van der Waals surface area contributed by atoms with Crippen LogP contribution in [0.15, 0.2) is 18.2 Å². The van der Waals surface area contributed by atoms with Crippen molar-refractivity contribution in [3.63, 3.8) is 0 Å². The third kappa shape index (κ3) is 4.15. The van der Waals surface area contributed by atoms with Crippen molar-refractivity contribution in [1.82, 2.24) is 4.90 Å². The van der Waals surface area contributed by atoms with Gasteiger partial charge in [-0.2, -0.15) is 0 Å². The fraction of sp³-hybridized carbons (Fsp3) is 0.579. The van der Waals surface area contributed by atoms with E-state index in [1.165, 1.54) is 0 Å². The van der Waals surface area contributed by atoms with Crippen LogP contribution in [-0.2, 0) is 9.59 Å². The van der Waals surface area contributed by atoms with Crippen LogP contribution in [0.25, 0.3) is 0 Å². The van der Waals surface area contributed by atoms with E-state index < -0.39 is 5.97 Å². The number of benzene rings is 1. The zero-order valence-corrected chi connectivity index (χ0v) is 15.0. The fourth-order valence-corrected chi connectivity index (χ4v) is 3.27. The van der Waals surface area contributed by atoms with Gasteiger partial charge in [-0.3, -0.25) is 14.5 Å². The number of likely N-dealkylation sites (tertiary alicyclic amines) is 1. The predicted molar refractivity (Wildman–Crippen MR) is 95.3 cm³/mol. The fourth-order valence-electron chi connectivity index (χ4n) is 3.27. The summed E-state index contributed by atoms with van der Waals surface area (Å²) < 4.78 is 0. The second-order valence-electron chi connectivity index (χ2n) is 7.01. The lowest BCUT2D eigenvalue weighted by atomic mass is 9.95. The van der Waals surface area contributed by atoms with Crippen molar-refractivity contribution in [3.8, 4) is 0 Å². The van der Waals surface area contributed by atoms with Gasteiger partial charge in [0, 0.05) is 5.69 Å². The summed E-state index contributed by atoms with van der Waals surface area (Å²) >= 11 is 0. The summed E-state index contributed by atoms with van der Waals surface area (Å²) in [5.41, 5.74) is 3.11. The number of amides is 1. The van der Waals surface area contributed by atoms with E-state index in [0.29, 0.717) is 31.8 Å². The van der Waals surface area contributed by atoms with Crippen LogP contribution in [0.2, 0.25) is 0 Å². The zero-order chi connectivity index (χ0) is 17.9. The van der Waals surface area contributed by atoms with Gasteiger partial charge in [0.05, 0.1) is 12.0 Å². The van der Waals surface area contributed by atoms with Crippen LogP contribution >= 0.6 is 0 Å². The molecule has 24 heavy (non-hydrogen) atoms. The Morgan fingerprint density at radius 1 is 1.21 bits per heavy atom. The first-order chi connectivity index (χ1) is 11.3. The van der Waals surface area contributed by atoms with Crippen molar-refractivity contribution in [1.29, 1.82) is 0 Å². The molecule has 1 heterocycles. The normalized spacial score (nSPS) is 17.7. The zero-order valence-electron chi connectivity index (χ0n) is 15.0. The first kappa shape index (κ1) is 18.5. The molecule has 1 aliphatic heterocycles. The van der Waals surface area contributed by atoms with Crippen molar-refractivity contribution in [2.45, 2.75) is 52.5 Å². The van der Waals surface area contributed by atoms with Crippen molar-refractivity contribution >= 4 is 17.6 Å². The highest BCUT2D eigenvalue weighted by atomic mass is 16.4. The number of nitrogens with zero attached hydrogens (tertiary/aromatic N) is 1. The number of carboxylic acids is 1. The van der Waals surface area contributed by atoms with Gasteiger partial charge in [0.1, 0.15) is 0 Å². The maximum Gasteiger partial charge on any atom is 0.306 e. The van der Waals surface area contributed by atoms with Crippen LogP contribution in [0.5, 0.6) is 0 Å². The quantitative estimate of drug-likeness (QED) is 0.868. The minimum Gasteiger partial charge on any atom is -0.481 e. The molecule has 0 radical (unpaired) electrons. The van der Waals surface area contributed by atoms with E-state index >= 15 is 0 Å². The minimum absolute atomic E-state index is 0.0278. The number of hydrogen-bond acceptors (Lipinski definition) is 3. The molecule has 1 atom stereocenters. The molecule has 1 aromatic rings. The number of aryl methyl sites for hydroxylation is 1. The third-order valence-electron chi connectivity index (χ3n) is 4.98. The maximum atomic E-state index is 12.7. The molecule has 5 nitrogen and oxygen atoms in total. The van der Waals surface area contributed by atoms with E-state index in [0.717, 1.165) is 16.8 Å². The van der Waals surface area contributed by atoms with Gasteiger partial charge in [-0.15, -0.1) is 0 Å². The lowest BCUT2D eigenvalue weighted by Gasteiger charge is -2.34. The summed E-state index contributed by atoms with van der Waals surface area (Å²) in [7, 11) is 0. The van der Waals surface area contributed by atoms with Crippen LogP contribution in [0.3, 0.4) is 0 Å². The Kier molecular flexibility index (Phi) is 5.99. The summed E-state index contributed by atoms with van der Waals surface area (Å²) in [6, 6.07) is 5.81. The molecular weight excluding hydrogens is 304 g/mol. The highest BCUT2D eigenvalue weighted by Crippen LogP contribution is 2.28. The molecule has 2 rings (SSSR count). The molecule has 1 fully saturated rings. The Morgan fingerprint density at radius 3 is 2.38 bits per heavy atom. The molecule has 1 amide bonds. The number of hydrogen-bond donors (Lipinski definition) is 2. The van der Waals surface area contributed by atoms with Crippen molar-refractivity contribution in [2.24, 2.45) is 5.92 Å². The van der Waals surface area contributed by atoms with Crippen molar-refractivity contribution < 1.29 is 14.7 Å². The number of anilines is 1. The standard InChI is InChI=1S/C19H28N2O3/c1-12(2)16-7-5-6-13(3)17(16)20-18(22)14(4)21-10-8-15(9-11-21)19(23)24/h5-7,12,14-15H,8-11H2,1-4H3,(H,20,22)(H,23,24). The number of piperidine rings is 1. The Labute approximate surface area is 144 Å². The summed E-state index contributed by atoms with van der Waals surface area (Å²) in [5, 5.41) is 12.2. The lowest BCUT2D eigenvalue weighted by Crippen LogP contribution is -2.47. The van der Waals surface area contributed by atoms with Gasteiger partial charge in [-0.25, -0.2) is 0 Å². The number of rotatable bonds is 5. The second-order valence-corrected chi connectivity index (χ2v) is 7.01. The van der Waals surface area contributed by atoms with E-state index in [1.807, 2.05) is 26.0 Å². The van der Waals surface area contributed by atoms with Gasteiger partial charge in [-0.05, 0) is 56.8 Å². The molecule has 5 heteroatoms. The minimum atomic E-state index is -0.728. The Hall–Kier alpha value is -1.88. The summed E-state index contributed by atoms with van der Waals surface area (Å²) in [4.78, 5) is 25.8. The summed E-state index contributed by atoms with van der Waals surface area (Å²) in [6.45, 7) is 9.43. The smallest absolute Gasteiger partial charge is 0.306 e. The Morgan fingerprint density at radius 2 is 1.83 bits per heavy atom. The highest BCUT2D eigenvalue weighted by molar-refractivity contribution is 5.96. The number of carbonyl (C=O) groups is 2. The first-order valence-electron chi connectivity index (χ1n) is 8.68. The van der Waals surface area contributed by atoms with E-state index in [4.69, 9.17) is 5.11 Å². The number of carboxylic acid groups (broad SMARTS) is 1. The molecule has 1 aromatic carbocycles. The molecule has 2 N–H and O–H groups in total. The van der Waals surface area contributed by atoms with E-state index in [2.05, 4.69) is 30.1 Å². The monoisotopic (exact) mass is 332 g/mol. The molecule has 1 saturated heterocycles. The number of nitrogens with one attached hydrogen (secondary N) is 1. The Bertz CT molecular complexity index is 605. The Balaban J connectivity index is 2.04. The van der Waals surface area contributed by atoms with Crippen molar-refractivity contribution in [2.75, 3.05) is 18.4 Å². The van der Waals surface area contributed by atoms with Crippen LogP contribution in [-0.4, -0.2) is 41.0 Å². The predicted octanol–water partition coefficient (Wildman–Crippen LogP) is 3.24. The highest BCUT2D eigenvalue weighted by Gasteiger charge is 2.29. The van der Waals surface area contributed by atoms with Gasteiger partial charge >= 0.3 is 5.97 Å². The van der Waals surface area contributed by atoms with E-state index in [-0.39, 0.29) is 17.9 Å². The van der Waals surface area contributed by atoms with E-state index in [9.17, 15) is 9.59 Å². The number of aliphatic carboxylic acids is 1. The topological polar surface area (TPSA) is 69.6 Å². The van der Waals surface area contributed by atoms with Crippen LogP contribution in [0.4, 0.5) is 5.69 Å². The molecule has 0 aromatic heterocycles. The molecule has 0 aliphatic carbocycles. The molecule has 1 unspecified atom stereocenters. The molecule has 132 valence electrons. The number of carbonyl (C=O) groups excluding carboxylic acids is 1. The SMILES string of the molecule is Cc1cccc(C(C)C)c1NC(=O)C(C)N1CCC(C(=O)O)CC1. The average Bonchev–Trinajstić information content (AvgIpc) is 2.55. The first-order valence-corrected chi connectivity index (χ1v) is 8.68. The van der Waals surface area contributed by atoms with Crippen LogP contribution < -0.4 is 5.32 Å². The molecule has 0 saturated carbocycles. The molecule has 1 aliphatic rings. The summed E-state index contributed by atoms with van der Waals surface area (Å²) in [6.07, 6.45) is 1.21. The average molecular weight is 332 g/mol. The maximum absolute atomic E-state index is 12.7. The van der Waals surface area contributed by atoms with Crippen LogP contribution in [0, 0.1) is 12.8 Å². The van der Waals surface area contributed by atoms with Gasteiger partial charge in [0.25, 0.3) is 0 Å². The lowest BCUT2D eigenvalue weighted by molar-refractivity contribution is -0.143. The van der Waals surface area contributed by atoms with Gasteiger partial charge in [0.2, 0.25) is 5.91 Å². The van der Waals surface area contributed by atoms with Gasteiger partial charge in [0.15, 0.2) is 0 Å².